The van der Waals surface area contributed by atoms with Crippen LogP contribution in [-0.2, 0) is 0 Å². The predicted octanol–water partition coefficient (Wildman–Crippen LogP) is 2.80. The van der Waals surface area contributed by atoms with Crippen molar-refractivity contribution in [3.8, 4) is 0 Å². The fraction of sp³-hybridized carbons (Fsp3) is 0.222. The van der Waals surface area contributed by atoms with Crippen LogP contribution in [-0.4, -0.2) is 17.9 Å². The minimum Gasteiger partial charge on any atom is -0.242 e. The molecule has 0 unspecified atom stereocenters. The summed E-state index contributed by atoms with van der Waals surface area (Å²) in [4.78, 5) is 10.6. The maximum atomic E-state index is 13.0. The second-order valence-electron chi connectivity index (χ2n) is 2.48. The van der Waals surface area contributed by atoms with Crippen LogP contribution in [0.3, 0.4) is 0 Å². The van der Waals surface area contributed by atoms with Gasteiger partial charge >= 0.3 is 0 Å². The fourth-order valence-corrected chi connectivity index (χ4v) is 0.827. The summed E-state index contributed by atoms with van der Waals surface area (Å²) in [6.45, 7) is 4.96. The Morgan fingerprint density at radius 1 is 1.43 bits per heavy atom. The summed E-state index contributed by atoms with van der Waals surface area (Å²) in [6.07, 6.45) is 2.13. The molecule has 3 nitrogen and oxygen atoms in total. The van der Waals surface area contributed by atoms with Gasteiger partial charge in [-0.2, -0.15) is 0 Å². The van der Waals surface area contributed by atoms with E-state index in [0.29, 0.717) is 12.5 Å². The number of aliphatic imine (C=N–C) groups is 2. The molecule has 1 heterocycles. The maximum absolute atomic E-state index is 13.0. The Bertz CT molecular complexity index is 375. The van der Waals surface area contributed by atoms with Crippen LogP contribution < -0.4 is 0 Å². The van der Waals surface area contributed by atoms with Gasteiger partial charge in [0.1, 0.15) is 0 Å². The fourth-order valence-electron chi connectivity index (χ4n) is 0.827. The molecule has 0 spiro atoms. The van der Waals surface area contributed by atoms with Crippen LogP contribution >= 0.6 is 0 Å². The molecule has 0 bridgehead atoms. The topological polar surface area (TPSA) is 37.6 Å². The molecule has 0 saturated heterocycles. The molecule has 0 atom stereocenters. The van der Waals surface area contributed by atoms with E-state index in [1.54, 1.807) is 0 Å². The van der Waals surface area contributed by atoms with Gasteiger partial charge in [0.2, 0.25) is 0 Å². The molecule has 74 valence electrons. The van der Waals surface area contributed by atoms with E-state index in [1.807, 2.05) is 6.92 Å². The van der Waals surface area contributed by atoms with E-state index >= 15 is 0 Å². The zero-order chi connectivity index (χ0) is 10.6. The minimum absolute atomic E-state index is 0.171. The number of pyridine rings is 1. The predicted molar refractivity (Wildman–Crippen MR) is 51.8 cm³/mol. The highest BCUT2D eigenvalue weighted by atomic mass is 19.1. The molecular weight excluding hydrogens is 188 g/mol. The summed E-state index contributed by atoms with van der Waals surface area (Å²) >= 11 is 0. The van der Waals surface area contributed by atoms with Crippen molar-refractivity contribution in [3.63, 3.8) is 0 Å². The highest BCUT2D eigenvalue weighted by Gasteiger charge is 2.09. The number of aromatic nitrogens is 1. The monoisotopic (exact) mass is 197 g/mol. The number of nitrogens with zero attached hydrogens (tertiary/aromatic N) is 3. The van der Waals surface area contributed by atoms with E-state index in [4.69, 9.17) is 0 Å². The zero-order valence-corrected chi connectivity index (χ0v) is 7.67. The summed E-state index contributed by atoms with van der Waals surface area (Å²) in [6, 6.07) is 0.694. The summed E-state index contributed by atoms with van der Waals surface area (Å²) in [5.74, 6) is -2.06. The maximum Gasteiger partial charge on any atom is 0.190 e. The second-order valence-corrected chi connectivity index (χ2v) is 2.48. The van der Waals surface area contributed by atoms with Crippen LogP contribution in [0.25, 0.3) is 0 Å². The molecule has 1 aromatic rings. The molecular formula is C9H9F2N3. The normalized spacial score (nSPS) is 10.8. The Morgan fingerprint density at radius 2 is 2.07 bits per heavy atom. The van der Waals surface area contributed by atoms with Crippen LogP contribution in [0.15, 0.2) is 16.1 Å². The largest absolute Gasteiger partial charge is 0.242 e. The van der Waals surface area contributed by atoms with Gasteiger partial charge in [-0.15, -0.1) is 0 Å². The molecule has 0 radical (unpaired) electrons. The Balaban J connectivity index is 3.17. The lowest BCUT2D eigenvalue weighted by atomic mass is 10.4. The van der Waals surface area contributed by atoms with Crippen molar-refractivity contribution in [2.75, 3.05) is 0 Å². The summed E-state index contributed by atoms with van der Waals surface area (Å²) in [7, 11) is 0. The molecule has 0 saturated carbocycles. The Kier molecular flexibility index (Phi) is 3.39. The van der Waals surface area contributed by atoms with E-state index in [0.717, 1.165) is 0 Å². The molecule has 5 heteroatoms. The Labute approximate surface area is 80.2 Å². The van der Waals surface area contributed by atoms with Crippen molar-refractivity contribution >= 4 is 24.6 Å². The van der Waals surface area contributed by atoms with Crippen molar-refractivity contribution in [1.82, 2.24) is 4.98 Å². The number of hydrogen-bond acceptors (Lipinski definition) is 3. The van der Waals surface area contributed by atoms with Crippen LogP contribution in [0.5, 0.6) is 0 Å². The molecule has 0 aromatic carbocycles. The summed E-state index contributed by atoms with van der Waals surface area (Å²) in [5, 5.41) is 0. The van der Waals surface area contributed by atoms with Gasteiger partial charge in [-0.05, 0) is 13.1 Å². The van der Waals surface area contributed by atoms with Crippen LogP contribution in [0.1, 0.15) is 13.3 Å². The molecule has 0 aliphatic carbocycles. The van der Waals surface area contributed by atoms with Gasteiger partial charge in [-0.25, -0.2) is 23.7 Å². The SMILES string of the molecule is C=Nc1nc(N=CCC)c(F)cc1F. The molecule has 1 rings (SSSR count). The lowest BCUT2D eigenvalue weighted by Gasteiger charge is -1.98. The van der Waals surface area contributed by atoms with E-state index < -0.39 is 11.6 Å². The standard InChI is InChI=1S/C9H9F2N3/c1-3-4-13-9-7(11)5-6(10)8(12-2)14-9/h4-5H,2-3H2,1H3. The van der Waals surface area contributed by atoms with Crippen molar-refractivity contribution in [2.45, 2.75) is 13.3 Å². The quantitative estimate of drug-likeness (QED) is 0.686. The van der Waals surface area contributed by atoms with E-state index in [-0.39, 0.29) is 11.6 Å². The molecule has 0 N–H and O–H groups in total. The van der Waals surface area contributed by atoms with E-state index in [9.17, 15) is 8.78 Å². The van der Waals surface area contributed by atoms with Crippen LogP contribution in [0, 0.1) is 11.6 Å². The summed E-state index contributed by atoms with van der Waals surface area (Å²) < 4.78 is 25.9. The van der Waals surface area contributed by atoms with Gasteiger partial charge in [0.25, 0.3) is 0 Å². The average Bonchev–Trinajstić information content (AvgIpc) is 2.17. The van der Waals surface area contributed by atoms with Crippen molar-refractivity contribution in [2.24, 2.45) is 9.98 Å². The number of rotatable bonds is 3. The van der Waals surface area contributed by atoms with Gasteiger partial charge in [-0.1, -0.05) is 6.92 Å². The van der Waals surface area contributed by atoms with Gasteiger partial charge in [0.15, 0.2) is 23.3 Å². The highest BCUT2D eigenvalue weighted by molar-refractivity contribution is 5.62. The smallest absolute Gasteiger partial charge is 0.190 e. The first kappa shape index (κ1) is 10.4. The Morgan fingerprint density at radius 3 is 2.64 bits per heavy atom. The van der Waals surface area contributed by atoms with E-state index in [2.05, 4.69) is 21.7 Å². The zero-order valence-electron chi connectivity index (χ0n) is 7.67. The number of hydrogen-bond donors (Lipinski definition) is 0. The third-order valence-electron chi connectivity index (χ3n) is 1.44. The molecule has 0 aliphatic rings. The summed E-state index contributed by atoms with van der Waals surface area (Å²) in [5.41, 5.74) is 0. The lowest BCUT2D eigenvalue weighted by molar-refractivity contribution is 0.577. The molecule has 0 aliphatic heterocycles. The first-order chi connectivity index (χ1) is 6.69. The Hall–Kier alpha value is -1.65. The number of halogens is 2. The van der Waals surface area contributed by atoms with Gasteiger partial charge < -0.3 is 0 Å². The molecule has 0 fully saturated rings. The van der Waals surface area contributed by atoms with Gasteiger partial charge in [0, 0.05) is 12.3 Å². The first-order valence-electron chi connectivity index (χ1n) is 4.04. The van der Waals surface area contributed by atoms with Crippen LogP contribution in [0.2, 0.25) is 0 Å². The lowest BCUT2D eigenvalue weighted by Crippen LogP contribution is -1.87. The van der Waals surface area contributed by atoms with Crippen LogP contribution in [0.4, 0.5) is 20.4 Å². The van der Waals surface area contributed by atoms with Gasteiger partial charge in [-0.3, -0.25) is 0 Å². The van der Waals surface area contributed by atoms with E-state index in [1.165, 1.54) is 6.21 Å². The molecule has 1 aromatic heterocycles. The van der Waals surface area contributed by atoms with Gasteiger partial charge in [0.05, 0.1) is 0 Å². The van der Waals surface area contributed by atoms with Crippen molar-refractivity contribution < 1.29 is 8.78 Å². The average molecular weight is 197 g/mol. The highest BCUT2D eigenvalue weighted by Crippen LogP contribution is 2.22. The third kappa shape index (κ3) is 2.18. The first-order valence-corrected chi connectivity index (χ1v) is 4.04. The van der Waals surface area contributed by atoms with Crippen molar-refractivity contribution in [3.05, 3.63) is 17.7 Å². The molecule has 14 heavy (non-hydrogen) atoms. The van der Waals surface area contributed by atoms with Crippen molar-refractivity contribution in [1.29, 1.82) is 0 Å². The molecule has 0 amide bonds. The minimum atomic E-state index is -0.840. The second kappa shape index (κ2) is 4.55. The third-order valence-corrected chi connectivity index (χ3v) is 1.44.